The summed E-state index contributed by atoms with van der Waals surface area (Å²) in [5.41, 5.74) is 3.82. The number of aromatic amines is 1. The maximum atomic E-state index is 3.05. The van der Waals surface area contributed by atoms with E-state index in [2.05, 4.69) is 36.3 Å². The zero-order chi connectivity index (χ0) is 8.55. The third kappa shape index (κ3) is 1.05. The molecule has 2 aromatic rings. The van der Waals surface area contributed by atoms with Crippen LogP contribution in [0.15, 0.2) is 30.5 Å². The van der Waals surface area contributed by atoms with Crippen molar-refractivity contribution >= 4 is 0 Å². The summed E-state index contributed by atoms with van der Waals surface area (Å²) in [7, 11) is 2.01. The summed E-state index contributed by atoms with van der Waals surface area (Å²) < 4.78 is 2.01. The zero-order valence-electron chi connectivity index (χ0n) is 7.33. The first kappa shape index (κ1) is 7.22. The fourth-order valence-corrected chi connectivity index (χ4v) is 1.34. The van der Waals surface area contributed by atoms with Gasteiger partial charge in [0.2, 0.25) is 0 Å². The SMILES string of the molecule is Cc1cccc(-c2c[nH]n2C)c1. The van der Waals surface area contributed by atoms with Crippen LogP contribution in [0.2, 0.25) is 0 Å². The van der Waals surface area contributed by atoms with Gasteiger partial charge in [0.05, 0.1) is 5.69 Å². The Morgan fingerprint density at radius 1 is 1.33 bits per heavy atom. The van der Waals surface area contributed by atoms with Crippen LogP contribution in [0.3, 0.4) is 0 Å². The fourth-order valence-electron chi connectivity index (χ4n) is 1.34. The first-order valence-corrected chi connectivity index (χ1v) is 4.04. The number of H-pyrrole nitrogens is 1. The van der Waals surface area contributed by atoms with Crippen LogP contribution in [-0.2, 0) is 7.05 Å². The summed E-state index contributed by atoms with van der Waals surface area (Å²) in [4.78, 5) is 0. The fraction of sp³-hybridized carbons (Fsp3) is 0.200. The molecule has 1 heterocycles. The Hall–Kier alpha value is -1.44. The van der Waals surface area contributed by atoms with E-state index in [4.69, 9.17) is 0 Å². The largest absolute Gasteiger partial charge is 0.304 e. The van der Waals surface area contributed by atoms with E-state index < -0.39 is 0 Å². The van der Waals surface area contributed by atoms with Gasteiger partial charge >= 0.3 is 0 Å². The van der Waals surface area contributed by atoms with Crippen LogP contribution in [0.1, 0.15) is 5.56 Å². The standard InChI is InChI=1S/C10H12N2/c1-8-4-3-5-9(6-8)10-7-11-12(10)2/h3-7,11H,1-2H3. The van der Waals surface area contributed by atoms with Gasteiger partial charge in [0.15, 0.2) is 0 Å². The molecule has 62 valence electrons. The van der Waals surface area contributed by atoms with E-state index in [9.17, 15) is 0 Å². The summed E-state index contributed by atoms with van der Waals surface area (Å²) in [5, 5.41) is 3.05. The van der Waals surface area contributed by atoms with Gasteiger partial charge in [0, 0.05) is 18.8 Å². The quantitative estimate of drug-likeness (QED) is 0.661. The van der Waals surface area contributed by atoms with E-state index in [1.807, 2.05) is 17.9 Å². The molecule has 2 heteroatoms. The molecule has 0 aliphatic heterocycles. The van der Waals surface area contributed by atoms with Crippen LogP contribution < -0.4 is 0 Å². The van der Waals surface area contributed by atoms with Crippen LogP contribution in [0.25, 0.3) is 11.3 Å². The normalized spacial score (nSPS) is 10.5. The molecule has 0 atom stereocenters. The molecular weight excluding hydrogens is 148 g/mol. The number of aromatic nitrogens is 2. The summed E-state index contributed by atoms with van der Waals surface area (Å²) in [6.45, 7) is 2.11. The monoisotopic (exact) mass is 160 g/mol. The molecule has 2 nitrogen and oxygen atoms in total. The average molecular weight is 160 g/mol. The lowest BCUT2D eigenvalue weighted by Gasteiger charge is -2.13. The van der Waals surface area contributed by atoms with E-state index in [1.165, 1.54) is 16.8 Å². The maximum Gasteiger partial charge on any atom is 0.0816 e. The Bertz CT molecular complexity index is 382. The molecule has 0 fully saturated rings. The highest BCUT2D eigenvalue weighted by molar-refractivity contribution is 5.59. The molecule has 12 heavy (non-hydrogen) atoms. The number of hydrogen-bond acceptors (Lipinski definition) is 0. The number of aryl methyl sites for hydroxylation is 2. The molecule has 0 aliphatic rings. The molecule has 0 spiro atoms. The van der Waals surface area contributed by atoms with E-state index in [1.54, 1.807) is 0 Å². The molecule has 1 aromatic heterocycles. The summed E-state index contributed by atoms with van der Waals surface area (Å²) >= 11 is 0. The van der Waals surface area contributed by atoms with E-state index in [-0.39, 0.29) is 0 Å². The number of nitrogens with zero attached hydrogens (tertiary/aromatic N) is 1. The van der Waals surface area contributed by atoms with Crippen LogP contribution in [0.5, 0.6) is 0 Å². The van der Waals surface area contributed by atoms with Gasteiger partial charge in [-0.2, -0.15) is 0 Å². The van der Waals surface area contributed by atoms with Gasteiger partial charge in [0.25, 0.3) is 0 Å². The van der Waals surface area contributed by atoms with Crippen LogP contribution in [0, 0.1) is 6.92 Å². The minimum atomic E-state index is 1.25. The van der Waals surface area contributed by atoms with Crippen LogP contribution in [0.4, 0.5) is 0 Å². The van der Waals surface area contributed by atoms with Crippen molar-refractivity contribution in [1.82, 2.24) is 9.78 Å². The molecule has 0 bridgehead atoms. The predicted octanol–water partition coefficient (Wildman–Crippen LogP) is 2.33. The summed E-state index contributed by atoms with van der Waals surface area (Å²) in [5.74, 6) is 0. The summed E-state index contributed by atoms with van der Waals surface area (Å²) in [6, 6.07) is 8.49. The molecule has 0 amide bonds. The van der Waals surface area contributed by atoms with Crippen molar-refractivity contribution in [2.45, 2.75) is 6.92 Å². The molecule has 1 aromatic carbocycles. The van der Waals surface area contributed by atoms with Gasteiger partial charge in [-0.3, -0.25) is 4.68 Å². The predicted molar refractivity (Wildman–Crippen MR) is 49.9 cm³/mol. The topological polar surface area (TPSA) is 20.7 Å². The Kier molecular flexibility index (Phi) is 1.54. The lowest BCUT2D eigenvalue weighted by atomic mass is 10.1. The first-order valence-electron chi connectivity index (χ1n) is 4.04. The second-order valence-electron chi connectivity index (χ2n) is 3.09. The minimum Gasteiger partial charge on any atom is -0.304 e. The van der Waals surface area contributed by atoms with Crippen LogP contribution >= 0.6 is 0 Å². The third-order valence-corrected chi connectivity index (χ3v) is 2.07. The van der Waals surface area contributed by atoms with Crippen molar-refractivity contribution in [3.63, 3.8) is 0 Å². The molecule has 0 unspecified atom stereocenters. The Morgan fingerprint density at radius 3 is 2.67 bits per heavy atom. The van der Waals surface area contributed by atoms with Gasteiger partial charge in [-0.05, 0) is 13.0 Å². The highest BCUT2D eigenvalue weighted by Gasteiger charge is 2.02. The average Bonchev–Trinajstić information content (AvgIpc) is 2.02. The van der Waals surface area contributed by atoms with Crippen molar-refractivity contribution in [2.24, 2.45) is 7.05 Å². The number of rotatable bonds is 1. The van der Waals surface area contributed by atoms with Crippen LogP contribution in [-0.4, -0.2) is 9.78 Å². The Labute approximate surface area is 71.8 Å². The molecule has 2 rings (SSSR count). The molecule has 0 aliphatic carbocycles. The van der Waals surface area contributed by atoms with E-state index in [0.717, 1.165) is 0 Å². The zero-order valence-corrected chi connectivity index (χ0v) is 7.33. The number of hydrogen-bond donors (Lipinski definition) is 1. The summed E-state index contributed by atoms with van der Waals surface area (Å²) in [6.07, 6.45) is 2.01. The molecule has 0 saturated carbocycles. The lowest BCUT2D eigenvalue weighted by molar-refractivity contribution is 0.702. The van der Waals surface area contributed by atoms with Crippen molar-refractivity contribution in [2.75, 3.05) is 0 Å². The van der Waals surface area contributed by atoms with E-state index >= 15 is 0 Å². The molecule has 0 radical (unpaired) electrons. The highest BCUT2D eigenvalue weighted by atomic mass is 15.3. The molecule has 0 saturated heterocycles. The third-order valence-electron chi connectivity index (χ3n) is 2.07. The van der Waals surface area contributed by atoms with Gasteiger partial charge in [-0.15, -0.1) is 0 Å². The minimum absolute atomic E-state index is 1.25. The van der Waals surface area contributed by atoms with Gasteiger partial charge in [-0.25, -0.2) is 0 Å². The van der Waals surface area contributed by atoms with Gasteiger partial charge < -0.3 is 5.10 Å². The first-order chi connectivity index (χ1) is 5.77. The Balaban J connectivity index is 2.45. The number of nitrogens with one attached hydrogen (secondary N) is 1. The number of benzene rings is 1. The smallest absolute Gasteiger partial charge is 0.0816 e. The van der Waals surface area contributed by atoms with E-state index in [0.29, 0.717) is 0 Å². The highest BCUT2D eigenvalue weighted by Crippen LogP contribution is 2.19. The van der Waals surface area contributed by atoms with Gasteiger partial charge in [-0.1, -0.05) is 23.8 Å². The second-order valence-corrected chi connectivity index (χ2v) is 3.09. The van der Waals surface area contributed by atoms with Crippen molar-refractivity contribution in [3.8, 4) is 11.3 Å². The maximum absolute atomic E-state index is 3.05. The van der Waals surface area contributed by atoms with Crippen molar-refractivity contribution in [3.05, 3.63) is 36.0 Å². The van der Waals surface area contributed by atoms with Gasteiger partial charge in [0.1, 0.15) is 0 Å². The van der Waals surface area contributed by atoms with Crippen molar-refractivity contribution in [1.29, 1.82) is 0 Å². The Morgan fingerprint density at radius 2 is 2.17 bits per heavy atom. The molecule has 1 N–H and O–H groups in total. The van der Waals surface area contributed by atoms with Crippen molar-refractivity contribution < 1.29 is 0 Å². The lowest BCUT2D eigenvalue weighted by Crippen LogP contribution is -2.05. The second kappa shape index (κ2) is 2.55. The molecular formula is C10H12N2.